The molecule has 0 amide bonds. The second-order valence-electron chi connectivity index (χ2n) is 4.51. The first-order valence-electron chi connectivity index (χ1n) is 6.11. The largest absolute Gasteiger partial charge is 0.289 e. The van der Waals surface area contributed by atoms with Gasteiger partial charge < -0.3 is 0 Å². The molecule has 1 saturated heterocycles. The molecule has 0 bridgehead atoms. The smallest absolute Gasteiger partial charge is 0.258 e. The Labute approximate surface area is 125 Å². The Kier molecular flexibility index (Phi) is 4.74. The van der Waals surface area contributed by atoms with Gasteiger partial charge in [0.25, 0.3) is 15.7 Å². The average molecular weight is 364 g/mol. The molecule has 1 heterocycles. The van der Waals surface area contributed by atoms with Gasteiger partial charge >= 0.3 is 0 Å². The molecule has 2 rings (SSSR count). The van der Waals surface area contributed by atoms with Crippen molar-refractivity contribution in [3.05, 3.63) is 32.8 Å². The van der Waals surface area contributed by atoms with E-state index in [0.717, 1.165) is 19.3 Å². The number of halogens is 1. The first kappa shape index (κ1) is 15.4. The number of hydrogen-bond donors (Lipinski definition) is 1. The summed E-state index contributed by atoms with van der Waals surface area (Å²) in [5, 5.41) is 12.5. The lowest BCUT2D eigenvalue weighted by atomic mass is 10.2. The van der Waals surface area contributed by atoms with E-state index in [1.807, 2.05) is 0 Å². The molecule has 0 aromatic heterocycles. The minimum atomic E-state index is -3.95. The third-order valence-corrected chi connectivity index (χ3v) is 4.91. The van der Waals surface area contributed by atoms with Crippen molar-refractivity contribution in [3.8, 4) is 0 Å². The Morgan fingerprint density at radius 3 is 2.50 bits per heavy atom. The molecule has 0 atom stereocenters. The fourth-order valence-corrected chi connectivity index (χ4v) is 3.89. The summed E-state index contributed by atoms with van der Waals surface area (Å²) in [7, 11) is -3.95. The van der Waals surface area contributed by atoms with E-state index in [-0.39, 0.29) is 4.90 Å². The van der Waals surface area contributed by atoms with Gasteiger partial charge in [-0.3, -0.25) is 10.1 Å². The predicted molar refractivity (Wildman–Crippen MR) is 76.5 cm³/mol. The summed E-state index contributed by atoms with van der Waals surface area (Å²) in [4.78, 5) is 12.3. The molecular formula is C11H14BrN3O4S. The Morgan fingerprint density at radius 2 is 1.90 bits per heavy atom. The number of hydrogen-bond acceptors (Lipinski definition) is 5. The number of nitro groups is 1. The molecule has 110 valence electrons. The summed E-state index contributed by atoms with van der Waals surface area (Å²) in [6, 6.07) is 3.86. The standard InChI is InChI=1S/C11H14BrN3O4S/c12-9-4-5-10(15(16)17)11(8-9)20(18,19)13-14-6-2-1-3-7-14/h4-5,8,13H,1-3,6-7H2. The first-order chi connectivity index (χ1) is 9.40. The maximum Gasteiger partial charge on any atom is 0.289 e. The molecule has 0 spiro atoms. The number of hydrazine groups is 1. The minimum Gasteiger partial charge on any atom is -0.258 e. The first-order valence-corrected chi connectivity index (χ1v) is 8.39. The van der Waals surface area contributed by atoms with Crippen molar-refractivity contribution in [1.29, 1.82) is 0 Å². The average Bonchev–Trinajstić information content (AvgIpc) is 2.39. The monoisotopic (exact) mass is 363 g/mol. The Balaban J connectivity index is 2.32. The van der Waals surface area contributed by atoms with Crippen LogP contribution in [0.1, 0.15) is 19.3 Å². The lowest BCUT2D eigenvalue weighted by Crippen LogP contribution is -2.45. The van der Waals surface area contributed by atoms with Crippen LogP contribution in [0.2, 0.25) is 0 Å². The SMILES string of the molecule is O=[N+]([O-])c1ccc(Br)cc1S(=O)(=O)NN1CCCCC1. The van der Waals surface area contributed by atoms with Gasteiger partial charge in [0.05, 0.1) is 4.92 Å². The summed E-state index contributed by atoms with van der Waals surface area (Å²) in [5.74, 6) is 0. The molecule has 20 heavy (non-hydrogen) atoms. The molecular weight excluding hydrogens is 350 g/mol. The van der Waals surface area contributed by atoms with Crippen LogP contribution in [0.25, 0.3) is 0 Å². The molecule has 0 radical (unpaired) electrons. The third kappa shape index (κ3) is 3.54. The molecule has 7 nitrogen and oxygen atoms in total. The highest BCUT2D eigenvalue weighted by atomic mass is 79.9. The molecule has 1 aliphatic heterocycles. The van der Waals surface area contributed by atoms with Crippen LogP contribution in [0.3, 0.4) is 0 Å². The normalized spacial score (nSPS) is 17.1. The summed E-state index contributed by atoms with van der Waals surface area (Å²) in [6.45, 7) is 1.22. The van der Waals surface area contributed by atoms with E-state index >= 15 is 0 Å². The van der Waals surface area contributed by atoms with Crippen molar-refractivity contribution in [2.45, 2.75) is 24.2 Å². The molecule has 1 N–H and O–H groups in total. The summed E-state index contributed by atoms with van der Waals surface area (Å²) in [6.07, 6.45) is 2.88. The van der Waals surface area contributed by atoms with Gasteiger partial charge in [0.15, 0.2) is 4.90 Å². The molecule has 0 unspecified atom stereocenters. The molecule has 9 heteroatoms. The van der Waals surface area contributed by atoms with Gasteiger partial charge in [-0.2, -0.15) is 0 Å². The third-order valence-electron chi connectivity index (χ3n) is 3.01. The molecule has 1 aromatic rings. The van der Waals surface area contributed by atoms with Crippen LogP contribution in [0.15, 0.2) is 27.6 Å². The highest BCUT2D eigenvalue weighted by Gasteiger charge is 2.28. The van der Waals surface area contributed by atoms with Crippen LogP contribution in [-0.4, -0.2) is 31.4 Å². The lowest BCUT2D eigenvalue weighted by Gasteiger charge is -2.26. The van der Waals surface area contributed by atoms with Gasteiger partial charge in [-0.1, -0.05) is 22.4 Å². The highest BCUT2D eigenvalue weighted by Crippen LogP contribution is 2.27. The van der Waals surface area contributed by atoms with E-state index in [0.29, 0.717) is 17.6 Å². The molecule has 0 saturated carbocycles. The fraction of sp³-hybridized carbons (Fsp3) is 0.455. The lowest BCUT2D eigenvalue weighted by molar-refractivity contribution is -0.387. The Bertz CT molecular complexity index is 614. The minimum absolute atomic E-state index is 0.331. The fourth-order valence-electron chi connectivity index (χ4n) is 2.06. The maximum atomic E-state index is 12.3. The molecule has 0 aliphatic carbocycles. The number of rotatable bonds is 4. The zero-order chi connectivity index (χ0) is 14.8. The maximum absolute atomic E-state index is 12.3. The van der Waals surface area contributed by atoms with E-state index in [1.165, 1.54) is 18.2 Å². The number of nitrogens with zero attached hydrogens (tertiary/aromatic N) is 2. The van der Waals surface area contributed by atoms with Crippen LogP contribution in [0.5, 0.6) is 0 Å². The number of nitrogens with one attached hydrogen (secondary N) is 1. The van der Waals surface area contributed by atoms with Crippen LogP contribution in [0, 0.1) is 10.1 Å². The van der Waals surface area contributed by atoms with E-state index in [4.69, 9.17) is 0 Å². The molecule has 1 aromatic carbocycles. The van der Waals surface area contributed by atoms with Crippen LogP contribution < -0.4 is 4.83 Å². The molecule has 1 aliphatic rings. The van der Waals surface area contributed by atoms with Crippen molar-refractivity contribution in [3.63, 3.8) is 0 Å². The Hall–Kier alpha value is -1.03. The van der Waals surface area contributed by atoms with Gasteiger partial charge in [-0.15, -0.1) is 4.83 Å². The summed E-state index contributed by atoms with van der Waals surface area (Å²) in [5.41, 5.74) is -0.433. The van der Waals surface area contributed by atoms with Crippen molar-refractivity contribution in [2.75, 3.05) is 13.1 Å². The van der Waals surface area contributed by atoms with Crippen molar-refractivity contribution < 1.29 is 13.3 Å². The second kappa shape index (κ2) is 6.17. The Morgan fingerprint density at radius 1 is 1.25 bits per heavy atom. The quantitative estimate of drug-likeness (QED) is 0.652. The van der Waals surface area contributed by atoms with Crippen LogP contribution in [0.4, 0.5) is 5.69 Å². The molecule has 1 fully saturated rings. The van der Waals surface area contributed by atoms with E-state index in [9.17, 15) is 18.5 Å². The van der Waals surface area contributed by atoms with Crippen molar-refractivity contribution in [1.82, 2.24) is 9.84 Å². The van der Waals surface area contributed by atoms with Crippen LogP contribution in [-0.2, 0) is 10.0 Å². The van der Waals surface area contributed by atoms with Gasteiger partial charge in [-0.05, 0) is 25.0 Å². The summed E-state index contributed by atoms with van der Waals surface area (Å²) < 4.78 is 25.1. The van der Waals surface area contributed by atoms with Gasteiger partial charge in [0.2, 0.25) is 0 Å². The van der Waals surface area contributed by atoms with Gasteiger partial charge in [0, 0.05) is 23.6 Å². The number of nitro benzene ring substituents is 1. The predicted octanol–water partition coefficient (Wildman–Crippen LogP) is 2.04. The topological polar surface area (TPSA) is 92.5 Å². The van der Waals surface area contributed by atoms with E-state index in [2.05, 4.69) is 20.8 Å². The van der Waals surface area contributed by atoms with Crippen molar-refractivity contribution >= 4 is 31.6 Å². The van der Waals surface area contributed by atoms with E-state index in [1.54, 1.807) is 5.01 Å². The zero-order valence-electron chi connectivity index (χ0n) is 10.6. The second-order valence-corrected chi connectivity index (χ2v) is 7.06. The number of piperidine rings is 1. The van der Waals surface area contributed by atoms with Crippen molar-refractivity contribution in [2.24, 2.45) is 0 Å². The van der Waals surface area contributed by atoms with Gasteiger partial charge in [-0.25, -0.2) is 13.4 Å². The highest BCUT2D eigenvalue weighted by molar-refractivity contribution is 9.10. The van der Waals surface area contributed by atoms with Crippen LogP contribution >= 0.6 is 15.9 Å². The summed E-state index contributed by atoms with van der Waals surface area (Å²) >= 11 is 3.13. The number of benzene rings is 1. The zero-order valence-corrected chi connectivity index (χ0v) is 13.0. The number of sulfonamides is 1. The van der Waals surface area contributed by atoms with Gasteiger partial charge in [0.1, 0.15) is 0 Å². The van der Waals surface area contributed by atoms with E-state index < -0.39 is 20.6 Å².